The van der Waals surface area contributed by atoms with E-state index in [9.17, 15) is 9.18 Å². The zero-order valence-corrected chi connectivity index (χ0v) is 13.0. The quantitative estimate of drug-likeness (QED) is 0.908. The van der Waals surface area contributed by atoms with E-state index in [0.717, 1.165) is 36.8 Å². The monoisotopic (exact) mass is 312 g/mol. The van der Waals surface area contributed by atoms with Gasteiger partial charge >= 0.3 is 0 Å². The molecule has 1 saturated carbocycles. The second kappa shape index (κ2) is 6.50. The van der Waals surface area contributed by atoms with Gasteiger partial charge in [0.05, 0.1) is 5.54 Å². The average Bonchev–Trinajstić information content (AvgIpc) is 3.05. The van der Waals surface area contributed by atoms with Crippen LogP contribution in [-0.4, -0.2) is 5.91 Å². The van der Waals surface area contributed by atoms with E-state index < -0.39 is 5.54 Å². The molecule has 120 valence electrons. The van der Waals surface area contributed by atoms with Gasteiger partial charge in [-0.3, -0.25) is 4.79 Å². The molecule has 0 radical (unpaired) electrons. The Labute approximate surface area is 135 Å². The van der Waals surface area contributed by atoms with Crippen LogP contribution in [0.5, 0.6) is 0 Å². The van der Waals surface area contributed by atoms with Crippen molar-refractivity contribution in [1.82, 2.24) is 5.32 Å². The molecule has 0 bridgehead atoms. The lowest BCUT2D eigenvalue weighted by molar-refractivity contribution is 0.0898. The zero-order valence-electron chi connectivity index (χ0n) is 13.0. The summed E-state index contributed by atoms with van der Waals surface area (Å²) >= 11 is 0. The van der Waals surface area contributed by atoms with Crippen LogP contribution in [0.4, 0.5) is 4.39 Å². The Hall–Kier alpha value is -2.20. The molecule has 0 spiro atoms. The Morgan fingerprint density at radius 2 is 1.65 bits per heavy atom. The van der Waals surface area contributed by atoms with Crippen LogP contribution in [0.3, 0.4) is 0 Å². The topological polar surface area (TPSA) is 55.1 Å². The molecule has 2 aromatic rings. The van der Waals surface area contributed by atoms with Crippen molar-refractivity contribution in [3.8, 4) is 0 Å². The summed E-state index contributed by atoms with van der Waals surface area (Å²) in [7, 11) is 0. The number of hydrogen-bond acceptors (Lipinski definition) is 2. The highest BCUT2D eigenvalue weighted by atomic mass is 19.1. The number of nitrogens with one attached hydrogen (secondary N) is 1. The molecule has 1 aliphatic carbocycles. The molecule has 23 heavy (non-hydrogen) atoms. The predicted molar refractivity (Wildman–Crippen MR) is 88.3 cm³/mol. The average molecular weight is 312 g/mol. The van der Waals surface area contributed by atoms with Crippen LogP contribution in [0.25, 0.3) is 0 Å². The maximum atomic E-state index is 13.2. The number of rotatable bonds is 4. The first kappa shape index (κ1) is 15.7. The summed E-state index contributed by atoms with van der Waals surface area (Å²) in [5, 5.41) is 3.19. The molecular weight excluding hydrogens is 291 g/mol. The minimum absolute atomic E-state index is 0.0974. The number of nitrogens with two attached hydrogens (primary N) is 1. The van der Waals surface area contributed by atoms with E-state index in [1.807, 2.05) is 12.1 Å². The Balaban J connectivity index is 1.84. The Bertz CT molecular complexity index is 674. The maximum absolute atomic E-state index is 13.2. The first-order chi connectivity index (χ1) is 11.1. The molecule has 1 aliphatic rings. The van der Waals surface area contributed by atoms with Gasteiger partial charge in [-0.05, 0) is 48.2 Å². The Morgan fingerprint density at radius 1 is 1.04 bits per heavy atom. The molecular formula is C19H21FN2O. The summed E-state index contributed by atoms with van der Waals surface area (Å²) in [6.07, 6.45) is 3.88. The van der Waals surface area contributed by atoms with Crippen LogP contribution < -0.4 is 11.1 Å². The van der Waals surface area contributed by atoms with Gasteiger partial charge in [0.25, 0.3) is 5.91 Å². The first-order valence-corrected chi connectivity index (χ1v) is 8.00. The minimum Gasteiger partial charge on any atom is -0.343 e. The van der Waals surface area contributed by atoms with Crippen molar-refractivity contribution in [2.75, 3.05) is 0 Å². The number of halogens is 1. The molecule has 0 aliphatic heterocycles. The molecule has 0 aromatic heterocycles. The van der Waals surface area contributed by atoms with Crippen molar-refractivity contribution >= 4 is 5.91 Å². The predicted octanol–water partition coefficient (Wildman–Crippen LogP) is 3.48. The van der Waals surface area contributed by atoms with Gasteiger partial charge in [0.15, 0.2) is 0 Å². The lowest BCUT2D eigenvalue weighted by Gasteiger charge is -2.31. The van der Waals surface area contributed by atoms with Crippen LogP contribution in [0.15, 0.2) is 48.5 Å². The maximum Gasteiger partial charge on any atom is 0.251 e. The summed E-state index contributed by atoms with van der Waals surface area (Å²) in [4.78, 5) is 12.6. The summed E-state index contributed by atoms with van der Waals surface area (Å²) < 4.78 is 13.2. The third-order valence-corrected chi connectivity index (χ3v) is 4.66. The molecule has 0 unspecified atom stereocenters. The number of amides is 1. The Morgan fingerprint density at radius 3 is 2.22 bits per heavy atom. The Kier molecular flexibility index (Phi) is 4.44. The molecule has 1 amide bonds. The van der Waals surface area contributed by atoms with E-state index in [1.165, 1.54) is 12.1 Å². The summed E-state index contributed by atoms with van der Waals surface area (Å²) in [5.41, 5.74) is 7.79. The zero-order chi connectivity index (χ0) is 16.3. The second-order valence-electron chi connectivity index (χ2n) is 6.15. The van der Waals surface area contributed by atoms with E-state index in [2.05, 4.69) is 5.32 Å². The van der Waals surface area contributed by atoms with Gasteiger partial charge in [0, 0.05) is 12.1 Å². The fourth-order valence-electron chi connectivity index (χ4n) is 3.32. The van der Waals surface area contributed by atoms with Crippen LogP contribution in [0.1, 0.15) is 47.2 Å². The molecule has 4 heteroatoms. The van der Waals surface area contributed by atoms with Gasteiger partial charge in [-0.1, -0.05) is 37.1 Å². The third-order valence-electron chi connectivity index (χ3n) is 4.66. The molecule has 2 aromatic carbocycles. The van der Waals surface area contributed by atoms with E-state index in [-0.39, 0.29) is 11.7 Å². The first-order valence-electron chi connectivity index (χ1n) is 8.00. The van der Waals surface area contributed by atoms with Crippen LogP contribution in [0.2, 0.25) is 0 Å². The van der Waals surface area contributed by atoms with Gasteiger partial charge in [-0.2, -0.15) is 0 Å². The fraction of sp³-hybridized carbons (Fsp3) is 0.316. The number of carbonyl (C=O) groups is 1. The summed E-state index contributed by atoms with van der Waals surface area (Å²) in [5.74, 6) is -0.356. The smallest absolute Gasteiger partial charge is 0.251 e. The van der Waals surface area contributed by atoms with Crippen molar-refractivity contribution in [2.45, 2.75) is 37.8 Å². The molecule has 0 heterocycles. The van der Waals surface area contributed by atoms with E-state index >= 15 is 0 Å². The van der Waals surface area contributed by atoms with Crippen molar-refractivity contribution in [3.63, 3.8) is 0 Å². The van der Waals surface area contributed by atoms with Crippen molar-refractivity contribution < 1.29 is 9.18 Å². The number of hydrogen-bond donors (Lipinski definition) is 2. The lowest BCUT2D eigenvalue weighted by atomic mass is 9.87. The summed E-state index contributed by atoms with van der Waals surface area (Å²) in [6.45, 7) is 0.460. The molecule has 1 fully saturated rings. The largest absolute Gasteiger partial charge is 0.343 e. The van der Waals surface area contributed by atoms with Gasteiger partial charge in [-0.25, -0.2) is 4.39 Å². The van der Waals surface area contributed by atoms with Crippen molar-refractivity contribution in [2.24, 2.45) is 5.73 Å². The highest BCUT2D eigenvalue weighted by Gasteiger charge is 2.37. The molecule has 3 rings (SSSR count). The standard InChI is InChI=1S/C19H21FN2O/c20-17-9-7-16(8-10-17)19(11-1-2-12-19)22-18(23)15-5-3-14(13-21)4-6-15/h3-10H,1-2,11-13,21H2,(H,22,23). The lowest BCUT2D eigenvalue weighted by Crippen LogP contribution is -2.43. The van der Waals surface area contributed by atoms with Gasteiger partial charge in [0.1, 0.15) is 5.82 Å². The number of benzene rings is 2. The highest BCUT2D eigenvalue weighted by Crippen LogP contribution is 2.39. The highest BCUT2D eigenvalue weighted by molar-refractivity contribution is 5.94. The third kappa shape index (κ3) is 3.27. The molecule has 0 saturated heterocycles. The van der Waals surface area contributed by atoms with E-state index in [1.54, 1.807) is 24.3 Å². The summed E-state index contributed by atoms with van der Waals surface area (Å²) in [6, 6.07) is 13.8. The van der Waals surface area contributed by atoms with Gasteiger partial charge < -0.3 is 11.1 Å². The molecule has 3 nitrogen and oxygen atoms in total. The molecule has 3 N–H and O–H groups in total. The van der Waals surface area contributed by atoms with Crippen LogP contribution in [0, 0.1) is 5.82 Å². The SMILES string of the molecule is NCc1ccc(C(=O)NC2(c3ccc(F)cc3)CCCC2)cc1. The van der Waals surface area contributed by atoms with Crippen LogP contribution in [-0.2, 0) is 12.1 Å². The molecule has 0 atom stereocenters. The van der Waals surface area contributed by atoms with Gasteiger partial charge in [-0.15, -0.1) is 0 Å². The second-order valence-corrected chi connectivity index (χ2v) is 6.15. The van der Waals surface area contributed by atoms with E-state index in [0.29, 0.717) is 12.1 Å². The fourth-order valence-corrected chi connectivity index (χ4v) is 3.32. The van der Waals surface area contributed by atoms with Gasteiger partial charge in [0.2, 0.25) is 0 Å². The minimum atomic E-state index is -0.392. The van der Waals surface area contributed by atoms with Crippen molar-refractivity contribution in [1.29, 1.82) is 0 Å². The van der Waals surface area contributed by atoms with Crippen molar-refractivity contribution in [3.05, 3.63) is 71.0 Å². The van der Waals surface area contributed by atoms with E-state index in [4.69, 9.17) is 5.73 Å². The normalized spacial score (nSPS) is 16.3. The van der Waals surface area contributed by atoms with Crippen LogP contribution >= 0.6 is 0 Å². The number of carbonyl (C=O) groups excluding carboxylic acids is 1.